The molecular weight excluding hydrogens is 733 g/mol. The topological polar surface area (TPSA) is 108 Å². The molecule has 0 unspecified atom stereocenters. The van der Waals surface area contributed by atoms with E-state index in [1.54, 1.807) is 27.0 Å². The normalized spacial score (nSPS) is 17.7. The van der Waals surface area contributed by atoms with Gasteiger partial charge in [-0.15, -0.1) is 0 Å². The van der Waals surface area contributed by atoms with E-state index in [-0.39, 0.29) is 40.9 Å². The zero-order valence-corrected chi connectivity index (χ0v) is 38.3. The van der Waals surface area contributed by atoms with Crippen LogP contribution < -0.4 is 4.74 Å². The van der Waals surface area contributed by atoms with Crippen LogP contribution in [-0.4, -0.2) is 73.7 Å². The zero-order valence-electron chi connectivity index (χ0n) is 36.3. The van der Waals surface area contributed by atoms with E-state index < -0.39 is 34.5 Å². The Bertz CT molecular complexity index is 1480. The smallest absolute Gasteiger partial charge is 0.497 e. The third-order valence-electron chi connectivity index (χ3n) is 10.5. The number of esters is 1. The lowest BCUT2D eigenvalue weighted by molar-refractivity contribution is -0.206. The molecule has 0 aliphatic carbocycles. The van der Waals surface area contributed by atoms with Crippen molar-refractivity contribution in [3.63, 3.8) is 0 Å². The summed E-state index contributed by atoms with van der Waals surface area (Å²) in [4.78, 5) is 23.9. The summed E-state index contributed by atoms with van der Waals surface area (Å²) in [6, 6.07) is 7.80. The van der Waals surface area contributed by atoms with E-state index in [1.165, 1.54) is 13.2 Å². The average Bonchev–Trinajstić information content (AvgIpc) is 3.05. The maximum atomic E-state index is 12.5. The fourth-order valence-corrected chi connectivity index (χ4v) is 8.02. The van der Waals surface area contributed by atoms with Crippen LogP contribution in [0.3, 0.4) is 0 Å². The molecule has 1 heterocycles. The highest BCUT2D eigenvalue weighted by Gasteiger charge is 2.43. The van der Waals surface area contributed by atoms with Gasteiger partial charge in [-0.3, -0.25) is 0 Å². The summed E-state index contributed by atoms with van der Waals surface area (Å²) in [5.41, 5.74) is 1.02. The van der Waals surface area contributed by atoms with Crippen molar-refractivity contribution in [3.8, 4) is 5.75 Å². The Morgan fingerprint density at radius 2 is 1.45 bits per heavy atom. The number of rotatable bonds is 20. The third-order valence-corrected chi connectivity index (χ3v) is 19.5. The number of carbonyl (C=O) groups excluding carboxylic acids is 2. The lowest BCUT2D eigenvalue weighted by Gasteiger charge is -2.43. The average molecular weight is 803 g/mol. The quantitative estimate of drug-likeness (QED) is 0.0547. The Balaban J connectivity index is 2.36. The van der Waals surface area contributed by atoms with Gasteiger partial charge in [-0.2, -0.15) is 0 Å². The molecule has 12 heteroatoms. The van der Waals surface area contributed by atoms with Crippen LogP contribution in [0.15, 0.2) is 72.6 Å². The summed E-state index contributed by atoms with van der Waals surface area (Å²) >= 11 is 0. The molecule has 0 N–H and O–H groups in total. The van der Waals surface area contributed by atoms with Crippen molar-refractivity contribution in [2.45, 2.75) is 149 Å². The maximum Gasteiger partial charge on any atom is 0.508 e. The summed E-state index contributed by atoms with van der Waals surface area (Å²) < 4.78 is 46.9. The number of hydrogen-bond acceptors (Lipinski definition) is 10. The molecule has 310 valence electrons. The van der Waals surface area contributed by atoms with Crippen LogP contribution in [-0.2, 0) is 43.9 Å². The van der Waals surface area contributed by atoms with Crippen LogP contribution >= 0.6 is 0 Å². The van der Waals surface area contributed by atoms with Crippen LogP contribution in [0.5, 0.6) is 5.75 Å². The van der Waals surface area contributed by atoms with Crippen molar-refractivity contribution in [1.29, 1.82) is 0 Å². The summed E-state index contributed by atoms with van der Waals surface area (Å²) in [5.74, 6) is -0.128. The minimum absolute atomic E-state index is 0.00738. The molecule has 0 bridgehead atoms. The number of methoxy groups -OCH3 is 2. The Morgan fingerprint density at radius 3 is 2.00 bits per heavy atom. The number of ether oxygens (including phenoxy) is 6. The van der Waals surface area contributed by atoms with Crippen molar-refractivity contribution in [1.82, 2.24) is 0 Å². The molecule has 0 radical (unpaired) electrons. The van der Waals surface area contributed by atoms with Gasteiger partial charge in [0, 0.05) is 26.2 Å². The molecule has 1 aromatic rings. The lowest BCUT2D eigenvalue weighted by atomic mass is 10.0. The molecule has 1 aromatic carbocycles. The van der Waals surface area contributed by atoms with Crippen LogP contribution in [0.2, 0.25) is 36.3 Å². The van der Waals surface area contributed by atoms with Gasteiger partial charge in [-0.05, 0) is 66.8 Å². The highest BCUT2D eigenvalue weighted by atomic mass is 28.4. The van der Waals surface area contributed by atoms with Gasteiger partial charge < -0.3 is 37.3 Å². The molecule has 55 heavy (non-hydrogen) atoms. The van der Waals surface area contributed by atoms with Gasteiger partial charge in [0.15, 0.2) is 16.6 Å². The largest absolute Gasteiger partial charge is 0.508 e. The Kier molecular flexibility index (Phi) is 18.2. The van der Waals surface area contributed by atoms with E-state index in [1.807, 2.05) is 48.6 Å². The van der Waals surface area contributed by atoms with E-state index in [2.05, 4.69) is 85.5 Å². The van der Waals surface area contributed by atoms with Crippen LogP contribution in [0.1, 0.15) is 87.1 Å². The maximum absolute atomic E-state index is 12.5. The molecule has 10 nitrogen and oxygen atoms in total. The van der Waals surface area contributed by atoms with Gasteiger partial charge in [-0.25, -0.2) is 9.59 Å². The second-order valence-corrected chi connectivity index (χ2v) is 27.2. The number of carbonyl (C=O) groups is 2. The zero-order chi connectivity index (χ0) is 41.7. The Hall–Kier alpha value is -3.17. The SMILES string of the molecule is COC(=O)OC/C=C/[C@@H](C)[C@@H](/C=C\C=C\C[C@H](C[C@H](CC1=CC(=O)OC(C)(C)O1)O[Si](C)(C)C(C)(C)C)O[Si](C)(C)C(C)(C)C)OCc1ccc(OC)cc1. The molecule has 0 fully saturated rings. The molecule has 1 aliphatic heterocycles. The van der Waals surface area contributed by atoms with Crippen LogP contribution in [0, 0.1) is 5.92 Å². The van der Waals surface area contributed by atoms with Crippen molar-refractivity contribution in [2.75, 3.05) is 20.8 Å². The summed E-state index contributed by atoms with van der Waals surface area (Å²) in [6.45, 7) is 28.5. The molecule has 1 aliphatic rings. The Morgan fingerprint density at radius 1 is 0.855 bits per heavy atom. The van der Waals surface area contributed by atoms with Gasteiger partial charge in [0.2, 0.25) is 5.79 Å². The molecule has 0 saturated carbocycles. The number of cyclic esters (lactones) is 1. The molecule has 0 amide bonds. The van der Waals surface area contributed by atoms with Crippen molar-refractivity contribution < 1.29 is 46.9 Å². The van der Waals surface area contributed by atoms with E-state index in [0.29, 0.717) is 31.6 Å². The molecule has 0 aromatic heterocycles. The number of hydrogen-bond donors (Lipinski definition) is 0. The highest BCUT2D eigenvalue weighted by molar-refractivity contribution is 6.74. The standard InChI is InChI=1S/C43H70O10Si2/c1-32(20-19-27-48-40(45)47-11)38(49-31-33-23-25-34(46-10)26-24-33)22-18-16-17-21-35(52-54(12,13)41(2,3)4)28-37(53-55(14,15)42(5,6)7)29-36-30-39(44)51-43(8,9)50-36/h16-20,22-26,30,32,35,37-38H,21,27-29,31H2,1-15H3/b17-16+,20-19+,22-18-/t32-,35-,37-,38-/m1/s1. The Labute approximate surface area is 333 Å². The lowest BCUT2D eigenvalue weighted by Crippen LogP contribution is -2.47. The summed E-state index contributed by atoms with van der Waals surface area (Å²) in [6.07, 6.45) is 13.8. The monoisotopic (exact) mass is 802 g/mol. The minimum atomic E-state index is -2.22. The second-order valence-electron chi connectivity index (χ2n) is 17.7. The van der Waals surface area contributed by atoms with E-state index in [4.69, 9.17) is 32.5 Å². The molecule has 4 atom stereocenters. The highest BCUT2D eigenvalue weighted by Crippen LogP contribution is 2.41. The number of benzene rings is 1. The second kappa shape index (κ2) is 20.8. The molecular formula is C43H70O10Si2. The number of allylic oxidation sites excluding steroid dienone is 2. The predicted octanol–water partition coefficient (Wildman–Crippen LogP) is 10.8. The molecule has 2 rings (SSSR count). The van der Waals surface area contributed by atoms with Crippen molar-refractivity contribution >= 4 is 28.8 Å². The van der Waals surface area contributed by atoms with Gasteiger partial charge in [0.25, 0.3) is 0 Å². The predicted molar refractivity (Wildman–Crippen MR) is 224 cm³/mol. The fourth-order valence-electron chi connectivity index (χ4n) is 5.27. The minimum Gasteiger partial charge on any atom is -0.497 e. The first-order valence-corrected chi connectivity index (χ1v) is 25.1. The van der Waals surface area contributed by atoms with Crippen LogP contribution in [0.25, 0.3) is 0 Å². The van der Waals surface area contributed by atoms with Crippen LogP contribution in [0.4, 0.5) is 4.79 Å². The molecule has 0 spiro atoms. The summed E-state index contributed by atoms with van der Waals surface area (Å²) in [5, 5.41) is -0.00808. The first-order valence-electron chi connectivity index (χ1n) is 19.3. The first-order chi connectivity index (χ1) is 25.4. The first kappa shape index (κ1) is 48.0. The van der Waals surface area contributed by atoms with Gasteiger partial charge in [0.1, 0.15) is 18.1 Å². The van der Waals surface area contributed by atoms with E-state index >= 15 is 0 Å². The van der Waals surface area contributed by atoms with Crippen molar-refractivity contribution in [2.24, 2.45) is 5.92 Å². The van der Waals surface area contributed by atoms with Gasteiger partial charge in [-0.1, -0.05) is 97.1 Å². The summed E-state index contributed by atoms with van der Waals surface area (Å²) in [7, 11) is -1.48. The van der Waals surface area contributed by atoms with Gasteiger partial charge >= 0.3 is 12.1 Å². The molecule has 0 saturated heterocycles. The van der Waals surface area contributed by atoms with Crippen molar-refractivity contribution in [3.05, 3.63) is 78.1 Å². The van der Waals surface area contributed by atoms with E-state index in [0.717, 1.165) is 11.3 Å². The van der Waals surface area contributed by atoms with Gasteiger partial charge in [0.05, 0.1) is 45.2 Å². The fraction of sp³-hybridized carbons (Fsp3) is 0.628. The van der Waals surface area contributed by atoms with E-state index in [9.17, 15) is 9.59 Å². The third kappa shape index (κ3) is 16.8.